The highest BCUT2D eigenvalue weighted by atomic mass is 16.3. The van der Waals surface area contributed by atoms with Gasteiger partial charge in [0.15, 0.2) is 11.5 Å². The maximum atomic E-state index is 9.44. The first kappa shape index (κ1) is 15.2. The summed E-state index contributed by atoms with van der Waals surface area (Å²) in [6.07, 6.45) is 1.68. The molecule has 1 atom stereocenters. The van der Waals surface area contributed by atoms with Crippen molar-refractivity contribution in [2.45, 2.75) is 25.8 Å². The van der Waals surface area contributed by atoms with Gasteiger partial charge in [0.2, 0.25) is 0 Å². The standard InChI is InChI=1S/C17H21NO3/c1-12(10-13-2-5-15(19)6-3-13)18-9-8-14-4-7-16(20)17(21)11-14/h2-7,11-12,18-21H,8-10H2,1H3. The molecule has 0 saturated heterocycles. The van der Waals surface area contributed by atoms with E-state index >= 15 is 0 Å². The molecule has 0 aliphatic carbocycles. The predicted molar refractivity (Wildman–Crippen MR) is 82.8 cm³/mol. The molecule has 0 heterocycles. The number of aromatic hydroxyl groups is 3. The van der Waals surface area contributed by atoms with E-state index in [0.717, 1.165) is 24.9 Å². The summed E-state index contributed by atoms with van der Waals surface area (Å²) in [4.78, 5) is 0. The molecule has 0 fully saturated rings. The third-order valence-electron chi connectivity index (χ3n) is 3.42. The Balaban J connectivity index is 1.77. The highest BCUT2D eigenvalue weighted by molar-refractivity contribution is 5.40. The van der Waals surface area contributed by atoms with Crippen molar-refractivity contribution in [1.82, 2.24) is 5.32 Å². The molecule has 0 radical (unpaired) electrons. The maximum Gasteiger partial charge on any atom is 0.157 e. The zero-order valence-corrected chi connectivity index (χ0v) is 12.1. The van der Waals surface area contributed by atoms with Crippen molar-refractivity contribution in [3.05, 3.63) is 53.6 Å². The van der Waals surface area contributed by atoms with Crippen LogP contribution >= 0.6 is 0 Å². The molecular weight excluding hydrogens is 266 g/mol. The van der Waals surface area contributed by atoms with Crippen LogP contribution in [0.4, 0.5) is 0 Å². The third kappa shape index (κ3) is 4.68. The Morgan fingerprint density at radius 1 is 0.905 bits per heavy atom. The number of rotatable bonds is 6. The summed E-state index contributed by atoms with van der Waals surface area (Å²) in [6, 6.07) is 12.5. The van der Waals surface area contributed by atoms with Gasteiger partial charge >= 0.3 is 0 Å². The number of hydrogen-bond acceptors (Lipinski definition) is 4. The first-order valence-electron chi connectivity index (χ1n) is 7.07. The van der Waals surface area contributed by atoms with Gasteiger partial charge in [0.1, 0.15) is 5.75 Å². The van der Waals surface area contributed by atoms with Gasteiger partial charge < -0.3 is 20.6 Å². The van der Waals surface area contributed by atoms with Gasteiger partial charge in [-0.3, -0.25) is 0 Å². The average Bonchev–Trinajstić information content (AvgIpc) is 2.45. The van der Waals surface area contributed by atoms with Crippen molar-refractivity contribution in [1.29, 1.82) is 0 Å². The summed E-state index contributed by atoms with van der Waals surface area (Å²) >= 11 is 0. The molecule has 2 aromatic rings. The predicted octanol–water partition coefficient (Wildman–Crippen LogP) is 2.57. The molecular formula is C17H21NO3. The van der Waals surface area contributed by atoms with E-state index in [1.54, 1.807) is 24.3 Å². The molecule has 0 spiro atoms. The lowest BCUT2D eigenvalue weighted by Gasteiger charge is -2.14. The highest BCUT2D eigenvalue weighted by Crippen LogP contribution is 2.24. The van der Waals surface area contributed by atoms with E-state index < -0.39 is 0 Å². The van der Waals surface area contributed by atoms with E-state index in [0.29, 0.717) is 6.04 Å². The lowest BCUT2D eigenvalue weighted by atomic mass is 10.1. The van der Waals surface area contributed by atoms with Crippen LogP contribution in [0.1, 0.15) is 18.1 Å². The summed E-state index contributed by atoms with van der Waals surface area (Å²) in [5.41, 5.74) is 2.16. The SMILES string of the molecule is CC(Cc1ccc(O)cc1)NCCc1ccc(O)c(O)c1. The molecule has 0 amide bonds. The van der Waals surface area contributed by atoms with E-state index in [2.05, 4.69) is 12.2 Å². The Bertz CT molecular complexity index is 581. The minimum Gasteiger partial charge on any atom is -0.508 e. The molecule has 4 nitrogen and oxygen atoms in total. The fourth-order valence-corrected chi connectivity index (χ4v) is 2.25. The van der Waals surface area contributed by atoms with Crippen LogP contribution in [0.5, 0.6) is 17.2 Å². The van der Waals surface area contributed by atoms with Crippen LogP contribution in [0.25, 0.3) is 0 Å². The number of phenols is 3. The van der Waals surface area contributed by atoms with Gasteiger partial charge in [-0.25, -0.2) is 0 Å². The van der Waals surface area contributed by atoms with Gasteiger partial charge in [0.25, 0.3) is 0 Å². The van der Waals surface area contributed by atoms with E-state index in [-0.39, 0.29) is 17.2 Å². The number of hydrogen-bond donors (Lipinski definition) is 4. The minimum atomic E-state index is -0.0904. The van der Waals surface area contributed by atoms with Crippen LogP contribution in [0.3, 0.4) is 0 Å². The van der Waals surface area contributed by atoms with E-state index in [9.17, 15) is 15.3 Å². The monoisotopic (exact) mass is 287 g/mol. The molecule has 2 rings (SSSR count). The fourth-order valence-electron chi connectivity index (χ4n) is 2.25. The van der Waals surface area contributed by atoms with Gasteiger partial charge in [-0.1, -0.05) is 18.2 Å². The largest absolute Gasteiger partial charge is 0.508 e. The van der Waals surface area contributed by atoms with E-state index in [1.165, 1.54) is 11.6 Å². The Labute approximate surface area is 124 Å². The summed E-state index contributed by atoms with van der Waals surface area (Å²) in [5, 5.41) is 31.4. The molecule has 4 N–H and O–H groups in total. The van der Waals surface area contributed by atoms with Crippen LogP contribution < -0.4 is 5.32 Å². The molecule has 1 unspecified atom stereocenters. The van der Waals surface area contributed by atoms with Crippen LogP contribution in [-0.2, 0) is 12.8 Å². The molecule has 112 valence electrons. The fraction of sp³-hybridized carbons (Fsp3) is 0.294. The molecule has 0 saturated carbocycles. The third-order valence-corrected chi connectivity index (χ3v) is 3.42. The second kappa shape index (κ2) is 6.99. The summed E-state index contributed by atoms with van der Waals surface area (Å²) < 4.78 is 0. The lowest BCUT2D eigenvalue weighted by molar-refractivity contribution is 0.403. The minimum absolute atomic E-state index is 0.0790. The smallest absolute Gasteiger partial charge is 0.157 e. The zero-order chi connectivity index (χ0) is 15.2. The average molecular weight is 287 g/mol. The molecule has 2 aromatic carbocycles. The number of phenolic OH excluding ortho intramolecular Hbond substituents is 3. The molecule has 21 heavy (non-hydrogen) atoms. The van der Waals surface area contributed by atoms with Crippen LogP contribution in [-0.4, -0.2) is 27.9 Å². The number of nitrogens with one attached hydrogen (secondary N) is 1. The second-order valence-corrected chi connectivity index (χ2v) is 5.30. The first-order chi connectivity index (χ1) is 10.0. The molecule has 4 heteroatoms. The van der Waals surface area contributed by atoms with E-state index in [4.69, 9.17) is 0 Å². The van der Waals surface area contributed by atoms with Crippen LogP contribution in [0, 0.1) is 0 Å². The van der Waals surface area contributed by atoms with Gasteiger partial charge in [-0.15, -0.1) is 0 Å². The lowest BCUT2D eigenvalue weighted by Crippen LogP contribution is -2.29. The van der Waals surface area contributed by atoms with Crippen molar-refractivity contribution in [2.75, 3.05) is 6.54 Å². The normalized spacial score (nSPS) is 12.2. The Hall–Kier alpha value is -2.20. The number of benzene rings is 2. The summed E-state index contributed by atoms with van der Waals surface area (Å²) in [5.74, 6) is 0.114. The Morgan fingerprint density at radius 2 is 1.57 bits per heavy atom. The van der Waals surface area contributed by atoms with Crippen molar-refractivity contribution >= 4 is 0 Å². The zero-order valence-electron chi connectivity index (χ0n) is 12.1. The molecule has 0 bridgehead atoms. The molecule has 0 aliphatic heterocycles. The van der Waals surface area contributed by atoms with Gasteiger partial charge in [-0.2, -0.15) is 0 Å². The highest BCUT2D eigenvalue weighted by Gasteiger charge is 2.04. The van der Waals surface area contributed by atoms with Crippen molar-refractivity contribution in [2.24, 2.45) is 0 Å². The van der Waals surface area contributed by atoms with Gasteiger partial charge in [-0.05, 0) is 61.7 Å². The van der Waals surface area contributed by atoms with Crippen molar-refractivity contribution < 1.29 is 15.3 Å². The first-order valence-corrected chi connectivity index (χ1v) is 7.07. The Morgan fingerprint density at radius 3 is 2.24 bits per heavy atom. The van der Waals surface area contributed by atoms with Gasteiger partial charge in [0.05, 0.1) is 0 Å². The Kier molecular flexibility index (Phi) is 5.06. The quantitative estimate of drug-likeness (QED) is 0.616. The molecule has 0 aromatic heterocycles. The van der Waals surface area contributed by atoms with Crippen LogP contribution in [0.2, 0.25) is 0 Å². The van der Waals surface area contributed by atoms with Crippen molar-refractivity contribution in [3.8, 4) is 17.2 Å². The topological polar surface area (TPSA) is 72.7 Å². The maximum absolute atomic E-state index is 9.44. The second-order valence-electron chi connectivity index (χ2n) is 5.30. The van der Waals surface area contributed by atoms with Gasteiger partial charge in [0, 0.05) is 6.04 Å². The molecule has 0 aliphatic rings. The summed E-state index contributed by atoms with van der Waals surface area (Å²) in [7, 11) is 0. The van der Waals surface area contributed by atoms with Crippen molar-refractivity contribution in [3.63, 3.8) is 0 Å². The van der Waals surface area contributed by atoms with Crippen LogP contribution in [0.15, 0.2) is 42.5 Å². The summed E-state index contributed by atoms with van der Waals surface area (Å²) in [6.45, 7) is 2.91. The van der Waals surface area contributed by atoms with E-state index in [1.807, 2.05) is 12.1 Å².